The van der Waals surface area contributed by atoms with Gasteiger partial charge in [0.2, 0.25) is 5.91 Å². The lowest BCUT2D eigenvalue weighted by Gasteiger charge is -2.60. The van der Waals surface area contributed by atoms with Crippen molar-refractivity contribution in [3.8, 4) is 5.75 Å². The van der Waals surface area contributed by atoms with Gasteiger partial charge in [-0.2, -0.15) is 0 Å². The topological polar surface area (TPSA) is 70.7 Å². The van der Waals surface area contributed by atoms with Gasteiger partial charge in [0.05, 0.1) is 12.5 Å². The van der Waals surface area contributed by atoms with E-state index in [1.165, 1.54) is 19.3 Å². The van der Waals surface area contributed by atoms with E-state index in [0.717, 1.165) is 24.2 Å². The van der Waals surface area contributed by atoms with Crippen LogP contribution >= 0.6 is 0 Å². The summed E-state index contributed by atoms with van der Waals surface area (Å²) in [6.45, 7) is 0.494. The molecule has 2 saturated carbocycles. The van der Waals surface area contributed by atoms with Crippen LogP contribution in [-0.2, 0) is 15.0 Å². The molecule has 6 heteroatoms. The molecule has 1 aliphatic heterocycles. The average molecular weight is 343 g/mol. The summed E-state index contributed by atoms with van der Waals surface area (Å²) in [6.07, 6.45) is 5.44. The standard InChI is InChI=1S/C19H25N3O3/c1-22-10-15(16(23)21-22)20-17(24)19(11-18(12-19)8-3-9-18)13-4-6-14(25-2)7-5-13/h4-7,15H,3,8-12H2,1-2H3,(H,20,24)(H,21,23)/t15-/m1/s1. The number of amides is 2. The number of carbonyl (C=O) groups is 2. The number of hydrazine groups is 1. The van der Waals surface area contributed by atoms with Crippen molar-refractivity contribution in [1.82, 2.24) is 15.8 Å². The van der Waals surface area contributed by atoms with Crippen molar-refractivity contribution >= 4 is 11.8 Å². The first kappa shape index (κ1) is 16.4. The molecular formula is C19H25N3O3. The number of methoxy groups -OCH3 is 1. The summed E-state index contributed by atoms with van der Waals surface area (Å²) in [4.78, 5) is 25.2. The van der Waals surface area contributed by atoms with Gasteiger partial charge in [-0.3, -0.25) is 15.0 Å². The number of hydrogen-bond acceptors (Lipinski definition) is 4. The first-order valence-corrected chi connectivity index (χ1v) is 8.94. The fraction of sp³-hybridized carbons (Fsp3) is 0.579. The first-order valence-electron chi connectivity index (χ1n) is 8.94. The summed E-state index contributed by atoms with van der Waals surface area (Å²) in [7, 11) is 3.44. The van der Waals surface area contributed by atoms with Gasteiger partial charge >= 0.3 is 0 Å². The third-order valence-electron chi connectivity index (χ3n) is 6.22. The third kappa shape index (κ3) is 2.59. The van der Waals surface area contributed by atoms with E-state index in [9.17, 15) is 9.59 Å². The van der Waals surface area contributed by atoms with E-state index >= 15 is 0 Å². The number of carbonyl (C=O) groups excluding carboxylic acids is 2. The molecule has 0 bridgehead atoms. The summed E-state index contributed by atoms with van der Waals surface area (Å²) in [5.41, 5.74) is 3.56. The molecule has 1 saturated heterocycles. The van der Waals surface area contributed by atoms with Gasteiger partial charge < -0.3 is 10.1 Å². The Labute approximate surface area is 147 Å². The van der Waals surface area contributed by atoms with Crippen LogP contribution in [0.3, 0.4) is 0 Å². The minimum Gasteiger partial charge on any atom is -0.497 e. The molecule has 3 fully saturated rings. The van der Waals surface area contributed by atoms with Crippen molar-refractivity contribution in [3.63, 3.8) is 0 Å². The van der Waals surface area contributed by atoms with Crippen LogP contribution in [0.4, 0.5) is 0 Å². The zero-order valence-corrected chi connectivity index (χ0v) is 14.8. The molecule has 1 aromatic rings. The van der Waals surface area contributed by atoms with E-state index in [2.05, 4.69) is 10.7 Å². The lowest BCUT2D eigenvalue weighted by molar-refractivity contribution is -0.144. The summed E-state index contributed by atoms with van der Waals surface area (Å²) in [5.74, 6) is 0.623. The highest BCUT2D eigenvalue weighted by Crippen LogP contribution is 2.65. The van der Waals surface area contributed by atoms with Crippen LogP contribution in [0.1, 0.15) is 37.7 Å². The van der Waals surface area contributed by atoms with Gasteiger partial charge in [-0.05, 0) is 48.8 Å². The predicted octanol–water partition coefficient (Wildman–Crippen LogP) is 1.36. The van der Waals surface area contributed by atoms with Crippen LogP contribution in [0.2, 0.25) is 0 Å². The molecule has 6 nitrogen and oxygen atoms in total. The average Bonchev–Trinajstić information content (AvgIpc) is 2.83. The number of ether oxygens (including phenoxy) is 1. The smallest absolute Gasteiger partial charge is 0.258 e. The molecule has 2 N–H and O–H groups in total. The zero-order valence-electron chi connectivity index (χ0n) is 14.8. The van der Waals surface area contributed by atoms with Crippen LogP contribution in [0, 0.1) is 5.41 Å². The van der Waals surface area contributed by atoms with Gasteiger partial charge in [0, 0.05) is 13.6 Å². The molecule has 134 valence electrons. The van der Waals surface area contributed by atoms with Crippen molar-refractivity contribution in [3.05, 3.63) is 29.8 Å². The second-order valence-electron chi connectivity index (χ2n) is 7.90. The summed E-state index contributed by atoms with van der Waals surface area (Å²) in [6, 6.07) is 7.32. The van der Waals surface area contributed by atoms with Crippen molar-refractivity contribution < 1.29 is 14.3 Å². The monoisotopic (exact) mass is 343 g/mol. The van der Waals surface area contributed by atoms with Crippen molar-refractivity contribution in [2.75, 3.05) is 20.7 Å². The highest BCUT2D eigenvalue weighted by molar-refractivity contribution is 5.94. The van der Waals surface area contributed by atoms with Gasteiger partial charge in [-0.15, -0.1) is 0 Å². The number of rotatable bonds is 4. The lowest BCUT2D eigenvalue weighted by Crippen LogP contribution is -2.62. The second kappa shape index (κ2) is 5.73. The van der Waals surface area contributed by atoms with E-state index in [1.54, 1.807) is 19.2 Å². The Balaban J connectivity index is 1.57. The molecule has 3 aliphatic rings. The minimum absolute atomic E-state index is 0.0226. The summed E-state index contributed by atoms with van der Waals surface area (Å²) < 4.78 is 5.24. The summed E-state index contributed by atoms with van der Waals surface area (Å²) in [5, 5.41) is 4.70. The Kier molecular flexibility index (Phi) is 3.76. The molecule has 1 heterocycles. The van der Waals surface area contributed by atoms with E-state index in [1.807, 2.05) is 24.3 Å². The molecular weight excluding hydrogens is 318 g/mol. The van der Waals surface area contributed by atoms with Crippen LogP contribution < -0.4 is 15.5 Å². The fourth-order valence-electron chi connectivity index (χ4n) is 4.74. The zero-order chi connectivity index (χ0) is 17.7. The number of hydrogen-bond donors (Lipinski definition) is 2. The normalized spacial score (nSPS) is 26.5. The molecule has 25 heavy (non-hydrogen) atoms. The third-order valence-corrected chi connectivity index (χ3v) is 6.22. The molecule has 0 unspecified atom stereocenters. The largest absolute Gasteiger partial charge is 0.497 e. The van der Waals surface area contributed by atoms with Crippen molar-refractivity contribution in [2.24, 2.45) is 5.41 Å². The Hall–Kier alpha value is -2.08. The van der Waals surface area contributed by atoms with E-state index in [-0.39, 0.29) is 11.8 Å². The van der Waals surface area contributed by atoms with Crippen LogP contribution in [0.5, 0.6) is 5.75 Å². The molecule has 0 aromatic heterocycles. The molecule has 0 radical (unpaired) electrons. The van der Waals surface area contributed by atoms with Crippen LogP contribution in [0.25, 0.3) is 0 Å². The quantitative estimate of drug-likeness (QED) is 0.866. The highest BCUT2D eigenvalue weighted by atomic mass is 16.5. The number of likely N-dealkylation sites (N-methyl/N-ethyl adjacent to an activating group) is 1. The Morgan fingerprint density at radius 3 is 2.44 bits per heavy atom. The SMILES string of the molecule is COc1ccc(C2(C(=O)N[C@@H]3CN(C)NC3=O)CC3(CCC3)C2)cc1. The van der Waals surface area contributed by atoms with E-state index in [0.29, 0.717) is 12.0 Å². The van der Waals surface area contributed by atoms with Gasteiger partial charge in [0.15, 0.2) is 0 Å². The van der Waals surface area contributed by atoms with Crippen LogP contribution in [0.15, 0.2) is 24.3 Å². The summed E-state index contributed by atoms with van der Waals surface area (Å²) >= 11 is 0. The molecule has 1 atom stereocenters. The molecule has 2 aliphatic carbocycles. The maximum absolute atomic E-state index is 13.2. The lowest BCUT2D eigenvalue weighted by atomic mass is 9.43. The maximum atomic E-state index is 13.2. The number of benzene rings is 1. The number of nitrogens with zero attached hydrogens (tertiary/aromatic N) is 1. The van der Waals surface area contributed by atoms with Crippen molar-refractivity contribution in [2.45, 2.75) is 43.6 Å². The van der Waals surface area contributed by atoms with Crippen molar-refractivity contribution in [1.29, 1.82) is 0 Å². The van der Waals surface area contributed by atoms with E-state index < -0.39 is 11.5 Å². The maximum Gasteiger partial charge on any atom is 0.258 e. The number of nitrogens with one attached hydrogen (secondary N) is 2. The second-order valence-corrected chi connectivity index (χ2v) is 7.90. The Bertz CT molecular complexity index is 688. The molecule has 1 aromatic carbocycles. The minimum atomic E-state index is -0.520. The molecule has 2 amide bonds. The van der Waals surface area contributed by atoms with Gasteiger partial charge in [0.1, 0.15) is 11.8 Å². The Morgan fingerprint density at radius 1 is 1.28 bits per heavy atom. The first-order chi connectivity index (χ1) is 12.0. The van der Waals surface area contributed by atoms with E-state index in [4.69, 9.17) is 4.74 Å². The van der Waals surface area contributed by atoms with Gasteiger partial charge in [-0.1, -0.05) is 18.6 Å². The van der Waals surface area contributed by atoms with Crippen LogP contribution in [-0.4, -0.2) is 43.6 Å². The molecule has 4 rings (SSSR count). The fourth-order valence-corrected chi connectivity index (χ4v) is 4.74. The highest BCUT2D eigenvalue weighted by Gasteiger charge is 2.61. The molecule has 1 spiro atoms. The Morgan fingerprint density at radius 2 is 1.96 bits per heavy atom. The predicted molar refractivity (Wildman–Crippen MR) is 92.9 cm³/mol. The van der Waals surface area contributed by atoms with Gasteiger partial charge in [-0.25, -0.2) is 5.01 Å². The van der Waals surface area contributed by atoms with Gasteiger partial charge in [0.25, 0.3) is 5.91 Å².